The van der Waals surface area contributed by atoms with Crippen LogP contribution in [-0.2, 0) is 4.74 Å². The molecule has 1 aromatic heterocycles. The van der Waals surface area contributed by atoms with Crippen LogP contribution in [0, 0.1) is 0 Å². The summed E-state index contributed by atoms with van der Waals surface area (Å²) in [6.45, 7) is 1.59. The number of benzene rings is 2. The van der Waals surface area contributed by atoms with E-state index in [-0.39, 0.29) is 24.1 Å². The molecular weight excluding hydrogens is 418 g/mol. The second kappa shape index (κ2) is 8.94. The van der Waals surface area contributed by atoms with Crippen molar-refractivity contribution in [2.75, 3.05) is 24.6 Å². The molecule has 0 spiro atoms. The van der Waals surface area contributed by atoms with Crippen LogP contribution in [-0.4, -0.2) is 47.9 Å². The molecule has 2 heterocycles. The number of anilines is 1. The van der Waals surface area contributed by atoms with Crippen molar-refractivity contribution < 1.29 is 19.4 Å². The number of aromatic carboxylic acids is 1. The van der Waals surface area contributed by atoms with Gasteiger partial charge in [-0.15, -0.1) is 0 Å². The molecule has 0 radical (unpaired) electrons. The number of nitrogens with one attached hydrogen (secondary N) is 1. The van der Waals surface area contributed by atoms with Gasteiger partial charge in [-0.05, 0) is 47.2 Å². The zero-order valence-electron chi connectivity index (χ0n) is 18.1. The van der Waals surface area contributed by atoms with Crippen LogP contribution in [0.1, 0.15) is 40.2 Å². The number of pyridine rings is 1. The van der Waals surface area contributed by atoms with Crippen LogP contribution < -0.4 is 10.2 Å². The number of piperidine rings is 1. The molecule has 168 valence electrons. The lowest BCUT2D eigenvalue weighted by Crippen LogP contribution is -2.48. The Kier molecular flexibility index (Phi) is 5.69. The van der Waals surface area contributed by atoms with E-state index in [1.54, 1.807) is 6.07 Å². The van der Waals surface area contributed by atoms with E-state index in [0.717, 1.165) is 19.4 Å². The van der Waals surface area contributed by atoms with E-state index in [0.29, 0.717) is 12.4 Å². The minimum absolute atomic E-state index is 0.0222. The second-order valence-electron chi connectivity index (χ2n) is 8.46. The van der Waals surface area contributed by atoms with Gasteiger partial charge in [-0.3, -0.25) is 0 Å². The van der Waals surface area contributed by atoms with Gasteiger partial charge in [0.15, 0.2) is 0 Å². The van der Waals surface area contributed by atoms with Crippen LogP contribution >= 0.6 is 0 Å². The lowest BCUT2D eigenvalue weighted by Gasteiger charge is -2.33. The van der Waals surface area contributed by atoms with E-state index in [1.165, 1.54) is 34.5 Å². The van der Waals surface area contributed by atoms with Gasteiger partial charge in [0.1, 0.15) is 12.4 Å². The minimum Gasteiger partial charge on any atom is -0.478 e. The number of hydrogen-bond donors (Lipinski definition) is 2. The number of aromatic nitrogens is 1. The number of rotatable bonds is 5. The Morgan fingerprint density at radius 2 is 1.76 bits per heavy atom. The van der Waals surface area contributed by atoms with Gasteiger partial charge in [-0.1, -0.05) is 48.5 Å². The van der Waals surface area contributed by atoms with Gasteiger partial charge in [0.25, 0.3) is 0 Å². The molecule has 1 unspecified atom stereocenters. The van der Waals surface area contributed by atoms with Crippen LogP contribution in [0.4, 0.5) is 10.6 Å². The maximum atomic E-state index is 12.6. The number of carboxylic acid groups (broad SMARTS) is 1. The topological polar surface area (TPSA) is 91.8 Å². The fraction of sp³-hybridized carbons (Fsp3) is 0.269. The van der Waals surface area contributed by atoms with Crippen molar-refractivity contribution in [2.45, 2.75) is 24.8 Å². The van der Waals surface area contributed by atoms with Gasteiger partial charge in [0, 0.05) is 31.2 Å². The van der Waals surface area contributed by atoms with Crippen molar-refractivity contribution in [1.82, 2.24) is 10.3 Å². The summed E-state index contributed by atoms with van der Waals surface area (Å²) in [6.07, 6.45) is 2.77. The monoisotopic (exact) mass is 443 g/mol. The molecule has 33 heavy (non-hydrogen) atoms. The number of hydrogen-bond acceptors (Lipinski definition) is 5. The molecule has 1 aliphatic carbocycles. The number of carbonyl (C=O) groups is 2. The summed E-state index contributed by atoms with van der Waals surface area (Å²) in [5, 5.41) is 12.2. The van der Waals surface area contributed by atoms with Crippen molar-refractivity contribution in [3.8, 4) is 11.1 Å². The first-order chi connectivity index (χ1) is 16.1. The number of carbonyl (C=O) groups excluding carboxylic acids is 1. The highest BCUT2D eigenvalue weighted by atomic mass is 16.5. The highest BCUT2D eigenvalue weighted by Gasteiger charge is 2.30. The van der Waals surface area contributed by atoms with Crippen LogP contribution in [0.25, 0.3) is 11.1 Å². The Morgan fingerprint density at radius 1 is 1.06 bits per heavy atom. The van der Waals surface area contributed by atoms with Crippen LogP contribution in [0.3, 0.4) is 0 Å². The van der Waals surface area contributed by atoms with Crippen molar-refractivity contribution in [3.63, 3.8) is 0 Å². The third kappa shape index (κ3) is 4.26. The maximum Gasteiger partial charge on any atom is 0.407 e. The molecule has 7 heteroatoms. The first-order valence-corrected chi connectivity index (χ1v) is 11.2. The average Bonchev–Trinajstić information content (AvgIpc) is 3.17. The normalized spacial score (nSPS) is 17.2. The van der Waals surface area contributed by atoms with Gasteiger partial charge >= 0.3 is 12.1 Å². The van der Waals surface area contributed by atoms with Gasteiger partial charge < -0.3 is 20.1 Å². The highest BCUT2D eigenvalue weighted by molar-refractivity contribution is 5.88. The molecule has 1 atom stereocenters. The Balaban J connectivity index is 1.21. The summed E-state index contributed by atoms with van der Waals surface area (Å²) in [6, 6.07) is 19.4. The Hall–Kier alpha value is -3.87. The molecule has 2 N–H and O–H groups in total. The SMILES string of the molecule is O=C(NC1CCCN(c2cc(C(=O)O)ccn2)C1)OCC1c2ccccc2-c2ccccc21. The smallest absolute Gasteiger partial charge is 0.407 e. The van der Waals surface area contributed by atoms with Gasteiger partial charge in [-0.2, -0.15) is 0 Å². The summed E-state index contributed by atoms with van der Waals surface area (Å²) in [5.74, 6) is -0.355. The summed E-state index contributed by atoms with van der Waals surface area (Å²) in [7, 11) is 0. The second-order valence-corrected chi connectivity index (χ2v) is 8.46. The largest absolute Gasteiger partial charge is 0.478 e. The fourth-order valence-corrected chi connectivity index (χ4v) is 4.83. The molecule has 1 fully saturated rings. The summed E-state index contributed by atoms with van der Waals surface area (Å²) in [5.41, 5.74) is 4.95. The average molecular weight is 444 g/mol. The lowest BCUT2D eigenvalue weighted by molar-refractivity contribution is 0.0696. The quantitative estimate of drug-likeness (QED) is 0.611. The fourth-order valence-electron chi connectivity index (χ4n) is 4.83. The van der Waals surface area contributed by atoms with E-state index < -0.39 is 12.1 Å². The van der Waals surface area contributed by atoms with E-state index in [9.17, 15) is 14.7 Å². The lowest BCUT2D eigenvalue weighted by atomic mass is 9.98. The van der Waals surface area contributed by atoms with E-state index >= 15 is 0 Å². The number of fused-ring (bicyclic) bond motifs is 3. The van der Waals surface area contributed by atoms with Crippen molar-refractivity contribution in [2.24, 2.45) is 0 Å². The summed E-state index contributed by atoms with van der Waals surface area (Å²) < 4.78 is 5.67. The Morgan fingerprint density at radius 3 is 2.45 bits per heavy atom. The molecule has 1 saturated heterocycles. The molecule has 7 nitrogen and oxygen atoms in total. The van der Waals surface area contributed by atoms with E-state index in [4.69, 9.17) is 4.74 Å². The third-order valence-corrected chi connectivity index (χ3v) is 6.40. The zero-order valence-corrected chi connectivity index (χ0v) is 18.1. The van der Waals surface area contributed by atoms with Crippen molar-refractivity contribution in [1.29, 1.82) is 0 Å². The molecule has 5 rings (SSSR count). The molecule has 2 aromatic carbocycles. The summed E-state index contributed by atoms with van der Waals surface area (Å²) >= 11 is 0. The predicted octanol–water partition coefficient (Wildman–Crippen LogP) is 4.29. The Bertz CT molecular complexity index is 1150. The molecule has 0 saturated carbocycles. The Labute approximate surface area is 192 Å². The van der Waals surface area contributed by atoms with Gasteiger partial charge in [-0.25, -0.2) is 14.6 Å². The molecule has 0 bridgehead atoms. The predicted molar refractivity (Wildman–Crippen MR) is 125 cm³/mol. The highest BCUT2D eigenvalue weighted by Crippen LogP contribution is 2.44. The van der Waals surface area contributed by atoms with Crippen LogP contribution in [0.15, 0.2) is 66.9 Å². The maximum absolute atomic E-state index is 12.6. The van der Waals surface area contributed by atoms with Gasteiger partial charge in [0.2, 0.25) is 0 Å². The van der Waals surface area contributed by atoms with E-state index in [1.807, 2.05) is 29.2 Å². The number of ether oxygens (including phenoxy) is 1. The first kappa shape index (κ1) is 21.0. The number of nitrogens with zero attached hydrogens (tertiary/aromatic N) is 2. The van der Waals surface area contributed by atoms with Crippen LogP contribution in [0.5, 0.6) is 0 Å². The zero-order chi connectivity index (χ0) is 22.8. The first-order valence-electron chi connectivity index (χ1n) is 11.2. The van der Waals surface area contributed by atoms with Crippen LogP contribution in [0.2, 0.25) is 0 Å². The molecular formula is C26H25N3O4. The number of carboxylic acids is 1. The standard InChI is InChI=1S/C26H25N3O4/c30-25(31)17-11-12-27-24(14-17)29-13-5-6-18(15-29)28-26(32)33-16-23-21-9-3-1-7-19(21)20-8-2-4-10-22(20)23/h1-4,7-12,14,18,23H,5-6,13,15-16H2,(H,28,32)(H,30,31). The molecule has 1 aliphatic heterocycles. The van der Waals surface area contributed by atoms with Gasteiger partial charge in [0.05, 0.1) is 5.56 Å². The molecule has 3 aromatic rings. The molecule has 2 aliphatic rings. The number of amides is 1. The van der Waals surface area contributed by atoms with Crippen molar-refractivity contribution >= 4 is 17.9 Å². The minimum atomic E-state index is -0.982. The van der Waals surface area contributed by atoms with Crippen molar-refractivity contribution in [3.05, 3.63) is 83.6 Å². The third-order valence-electron chi connectivity index (χ3n) is 6.40. The number of alkyl carbamates (subject to hydrolysis) is 1. The molecule has 1 amide bonds. The van der Waals surface area contributed by atoms with E-state index in [2.05, 4.69) is 34.6 Å². The summed E-state index contributed by atoms with van der Waals surface area (Å²) in [4.78, 5) is 30.2.